The molecular weight excluding hydrogens is 1160 g/mol. The van der Waals surface area contributed by atoms with Crippen molar-refractivity contribution in [3.63, 3.8) is 0 Å². The van der Waals surface area contributed by atoms with Crippen molar-refractivity contribution in [3.05, 3.63) is 386 Å². The smallest absolute Gasteiger partial charge is 0.0543 e. The highest BCUT2D eigenvalue weighted by Gasteiger charge is 2.60. The normalized spacial score (nSPS) is 13.1. The van der Waals surface area contributed by atoms with E-state index in [1.165, 1.54) is 87.6 Å². The van der Waals surface area contributed by atoms with Crippen LogP contribution in [-0.4, -0.2) is 0 Å². The first-order valence-electron chi connectivity index (χ1n) is 33.3. The molecule has 4 heteroatoms. The summed E-state index contributed by atoms with van der Waals surface area (Å²) in [5.74, 6) is 0. The number of hydrogen-bond acceptors (Lipinski definition) is 4. The van der Waals surface area contributed by atoms with E-state index in [0.29, 0.717) is 0 Å². The number of benzene rings is 16. The highest BCUT2D eigenvalue weighted by Crippen LogP contribution is 2.70. The van der Waals surface area contributed by atoms with Crippen LogP contribution in [0.25, 0.3) is 65.3 Å². The molecule has 0 radical (unpaired) electrons. The fraction of sp³-hybridized carbons (Fsp3) is 0.0435. The van der Waals surface area contributed by atoms with E-state index in [-0.39, 0.29) is 0 Å². The maximum atomic E-state index is 2.63. The predicted molar refractivity (Wildman–Crippen MR) is 405 cm³/mol. The summed E-state index contributed by atoms with van der Waals surface area (Å²) in [6.45, 7) is 5.25. The van der Waals surface area contributed by atoms with Crippen LogP contribution < -0.4 is 19.6 Å². The van der Waals surface area contributed by atoms with Crippen molar-refractivity contribution in [1.82, 2.24) is 0 Å². The second kappa shape index (κ2) is 22.8. The van der Waals surface area contributed by atoms with Crippen molar-refractivity contribution < 1.29 is 0 Å². The lowest BCUT2D eigenvalue weighted by Crippen LogP contribution is -2.44. The second-order valence-electron chi connectivity index (χ2n) is 25.7. The summed E-state index contributed by atoms with van der Waals surface area (Å²) in [5.41, 5.74) is 21.4. The Morgan fingerprint density at radius 1 is 0.167 bits per heavy atom. The molecule has 0 aromatic heterocycles. The minimum atomic E-state index is -0.887. The van der Waals surface area contributed by atoms with Crippen LogP contribution in [0.15, 0.2) is 364 Å². The van der Waals surface area contributed by atoms with Gasteiger partial charge < -0.3 is 19.6 Å². The van der Waals surface area contributed by atoms with Crippen LogP contribution in [0.4, 0.5) is 68.2 Å². The summed E-state index contributed by atoms with van der Waals surface area (Å²) < 4.78 is 0. The highest BCUT2D eigenvalue weighted by molar-refractivity contribution is 6.21. The molecule has 0 unspecified atom stereocenters. The Morgan fingerprint density at radius 3 is 0.458 bits per heavy atom. The molecule has 2 aliphatic carbocycles. The Morgan fingerprint density at radius 2 is 0.302 bits per heavy atom. The summed E-state index contributed by atoms with van der Waals surface area (Å²) in [6, 6.07) is 135. The number of para-hydroxylation sites is 8. The third-order valence-electron chi connectivity index (χ3n) is 20.8. The maximum absolute atomic E-state index is 2.63. The van der Waals surface area contributed by atoms with Crippen LogP contribution in [0.1, 0.15) is 36.1 Å². The molecule has 0 bridgehead atoms. The molecule has 0 saturated carbocycles. The molecule has 4 nitrogen and oxygen atoms in total. The first kappa shape index (κ1) is 56.5. The Balaban J connectivity index is 1.06. The van der Waals surface area contributed by atoms with Gasteiger partial charge in [-0.1, -0.05) is 257 Å². The lowest BCUT2D eigenvalue weighted by Gasteiger charge is -2.46. The van der Waals surface area contributed by atoms with E-state index in [1.54, 1.807) is 0 Å². The maximum Gasteiger partial charge on any atom is 0.0543 e. The van der Waals surface area contributed by atoms with Gasteiger partial charge in [-0.2, -0.15) is 0 Å². The average molecular weight is 1230 g/mol. The fourth-order valence-corrected chi connectivity index (χ4v) is 16.5. The van der Waals surface area contributed by atoms with Crippen LogP contribution in [-0.2, 0) is 10.8 Å². The van der Waals surface area contributed by atoms with Crippen LogP contribution in [0, 0.1) is 0 Å². The minimum absolute atomic E-state index is 0.887. The minimum Gasteiger partial charge on any atom is -0.310 e. The summed E-state index contributed by atoms with van der Waals surface area (Å²) in [5, 5.41) is 9.49. The monoisotopic (exact) mass is 1230 g/mol. The van der Waals surface area contributed by atoms with E-state index in [1.807, 2.05) is 0 Å². The van der Waals surface area contributed by atoms with Crippen LogP contribution >= 0.6 is 0 Å². The van der Waals surface area contributed by atoms with Gasteiger partial charge in [-0.25, -0.2) is 0 Å². The van der Waals surface area contributed by atoms with Gasteiger partial charge in [-0.15, -0.1) is 0 Å². The number of anilines is 12. The van der Waals surface area contributed by atoms with Gasteiger partial charge >= 0.3 is 0 Å². The van der Waals surface area contributed by atoms with Gasteiger partial charge in [-0.05, 0) is 187 Å². The number of hydrogen-bond donors (Lipinski definition) is 0. The van der Waals surface area contributed by atoms with Gasteiger partial charge in [-0.3, -0.25) is 0 Å². The Bertz CT molecular complexity index is 4760. The Kier molecular flexibility index (Phi) is 13.4. The third-order valence-corrected chi connectivity index (χ3v) is 20.8. The Hall–Kier alpha value is -12.2. The van der Waals surface area contributed by atoms with E-state index in [4.69, 9.17) is 0 Å². The van der Waals surface area contributed by atoms with E-state index < -0.39 is 10.8 Å². The van der Waals surface area contributed by atoms with Gasteiger partial charge in [0.05, 0.1) is 22.7 Å². The first-order valence-corrected chi connectivity index (χ1v) is 33.3. The van der Waals surface area contributed by atoms with Crippen molar-refractivity contribution in [2.45, 2.75) is 24.7 Å². The van der Waals surface area contributed by atoms with Gasteiger partial charge in [0.25, 0.3) is 0 Å². The lowest BCUT2D eigenvalue weighted by molar-refractivity contribution is 0.377. The molecule has 0 heterocycles. The fourth-order valence-electron chi connectivity index (χ4n) is 16.5. The third kappa shape index (κ3) is 8.62. The topological polar surface area (TPSA) is 13.0 Å². The van der Waals surface area contributed by atoms with Gasteiger partial charge in [0.15, 0.2) is 0 Å². The highest BCUT2D eigenvalue weighted by atomic mass is 15.2. The number of nitrogens with zero attached hydrogens (tertiary/aromatic N) is 4. The Labute approximate surface area is 560 Å². The molecule has 2 aliphatic rings. The zero-order valence-corrected chi connectivity index (χ0v) is 53.4. The molecular formula is C92H66N4. The van der Waals surface area contributed by atoms with Crippen LogP contribution in [0.3, 0.4) is 0 Å². The number of fused-ring (bicyclic) bond motifs is 14. The summed E-state index contributed by atoms with van der Waals surface area (Å²) in [7, 11) is 0. The van der Waals surface area contributed by atoms with Crippen molar-refractivity contribution in [2.75, 3.05) is 19.6 Å². The quantitative estimate of drug-likeness (QED) is 0.114. The van der Waals surface area contributed by atoms with Crippen LogP contribution in [0.2, 0.25) is 0 Å². The SMILES string of the molecule is CC1(C2(C)c3cc(N(c4ccccc4)c4ccccc4)c4ccccc4c3-c3c2cc(N(c2ccccc2)c2ccccc2)c2ccccc32)c2cc(N(c3ccccc3)c3ccccc3)c3ccccc3c2-c2c1cc(N(c1ccccc1)c1ccccc1)c1ccccc21. The van der Waals surface area contributed by atoms with E-state index in [2.05, 4.69) is 397 Å². The first-order chi connectivity index (χ1) is 47.5. The molecule has 0 atom stereocenters. The molecule has 0 N–H and O–H groups in total. The summed E-state index contributed by atoms with van der Waals surface area (Å²) in [6.07, 6.45) is 0. The molecule has 0 spiro atoms. The lowest BCUT2D eigenvalue weighted by atomic mass is 9.56. The molecule has 0 amide bonds. The molecule has 454 valence electrons. The van der Waals surface area contributed by atoms with Crippen molar-refractivity contribution in [3.8, 4) is 22.3 Å². The van der Waals surface area contributed by atoms with E-state index in [9.17, 15) is 0 Å². The van der Waals surface area contributed by atoms with Gasteiger partial charge in [0, 0.05) is 77.9 Å². The average Bonchev–Trinajstić information content (AvgIpc) is 1.48. The molecule has 16 aromatic rings. The van der Waals surface area contributed by atoms with Crippen LogP contribution in [0.5, 0.6) is 0 Å². The van der Waals surface area contributed by atoms with Gasteiger partial charge in [0.2, 0.25) is 0 Å². The number of rotatable bonds is 13. The molecule has 18 rings (SSSR count). The van der Waals surface area contributed by atoms with Gasteiger partial charge in [0.1, 0.15) is 0 Å². The molecule has 0 fully saturated rings. The molecule has 0 aliphatic heterocycles. The molecule has 0 saturated heterocycles. The zero-order valence-electron chi connectivity index (χ0n) is 53.4. The molecule has 16 aromatic carbocycles. The van der Waals surface area contributed by atoms with Crippen molar-refractivity contribution in [2.24, 2.45) is 0 Å². The van der Waals surface area contributed by atoms with E-state index in [0.717, 1.165) is 68.2 Å². The summed E-state index contributed by atoms with van der Waals surface area (Å²) >= 11 is 0. The second-order valence-corrected chi connectivity index (χ2v) is 25.7. The van der Waals surface area contributed by atoms with E-state index >= 15 is 0 Å². The zero-order chi connectivity index (χ0) is 63.9. The molecule has 96 heavy (non-hydrogen) atoms. The van der Waals surface area contributed by atoms with Crippen molar-refractivity contribution >= 4 is 111 Å². The summed E-state index contributed by atoms with van der Waals surface area (Å²) in [4.78, 5) is 9.97. The largest absolute Gasteiger partial charge is 0.310 e. The van der Waals surface area contributed by atoms with Crippen molar-refractivity contribution in [1.29, 1.82) is 0 Å². The standard InChI is InChI=1S/C92H66N4/c1-91(79-59-83(93(63-35-11-3-12-36-63)64-37-13-4-14-38-64)71-51-27-31-55-75(71)87(79)88-76-56-32-28-52-72(76)84(60-80(88)91)94(65-39-15-5-16-40-65)66-41-17-6-18-42-66)92(2)81-61-85(95(67-43-19-7-20-44-67)68-45-21-8-22-46-68)73-53-29-33-57-77(73)89(81)90-78-58-34-30-54-74(78)86(62-82(90)92)96(69-47-23-9-24-48-69)70-49-25-10-26-50-70/h3-62H,1-2H3. The predicted octanol–water partition coefficient (Wildman–Crippen LogP) is 25.5.